The number of hydrogen-bond donors (Lipinski definition) is 1. The molecule has 0 fully saturated rings. The predicted octanol–water partition coefficient (Wildman–Crippen LogP) is 1.97. The SMILES string of the molecule is C[C@H]1Oc2ccccc2O[C@@H]1C(=O)OCC(=O)c1ccc[nH]1. The van der Waals surface area contributed by atoms with Crippen molar-refractivity contribution < 1.29 is 23.8 Å². The molecule has 0 radical (unpaired) electrons. The van der Waals surface area contributed by atoms with Crippen LogP contribution in [-0.2, 0) is 9.53 Å². The van der Waals surface area contributed by atoms with Gasteiger partial charge >= 0.3 is 5.97 Å². The van der Waals surface area contributed by atoms with Crippen LogP contribution >= 0.6 is 0 Å². The van der Waals surface area contributed by atoms with Crippen LogP contribution in [-0.4, -0.2) is 35.6 Å². The number of aromatic amines is 1. The summed E-state index contributed by atoms with van der Waals surface area (Å²) in [5.41, 5.74) is 0.395. The fourth-order valence-electron chi connectivity index (χ4n) is 2.18. The van der Waals surface area contributed by atoms with Gasteiger partial charge in [-0.2, -0.15) is 0 Å². The van der Waals surface area contributed by atoms with Gasteiger partial charge in [0.05, 0.1) is 5.69 Å². The van der Waals surface area contributed by atoms with Gasteiger partial charge in [0.15, 0.2) is 18.1 Å². The van der Waals surface area contributed by atoms with E-state index in [2.05, 4.69) is 4.98 Å². The van der Waals surface area contributed by atoms with E-state index in [0.717, 1.165) is 0 Å². The van der Waals surface area contributed by atoms with Crippen LogP contribution in [0, 0.1) is 0 Å². The molecule has 0 aliphatic carbocycles. The van der Waals surface area contributed by atoms with E-state index in [-0.39, 0.29) is 12.4 Å². The van der Waals surface area contributed by atoms with Crippen molar-refractivity contribution in [3.63, 3.8) is 0 Å². The summed E-state index contributed by atoms with van der Waals surface area (Å²) in [5, 5.41) is 0. The third-order valence-electron chi connectivity index (χ3n) is 3.32. The molecule has 1 aromatic carbocycles. The van der Waals surface area contributed by atoms with E-state index in [4.69, 9.17) is 14.2 Å². The molecule has 1 aliphatic rings. The highest BCUT2D eigenvalue weighted by atomic mass is 16.6. The third-order valence-corrected chi connectivity index (χ3v) is 3.32. The van der Waals surface area contributed by atoms with Gasteiger partial charge in [0, 0.05) is 6.20 Å². The van der Waals surface area contributed by atoms with E-state index in [0.29, 0.717) is 17.2 Å². The quantitative estimate of drug-likeness (QED) is 0.690. The van der Waals surface area contributed by atoms with Crippen LogP contribution < -0.4 is 9.47 Å². The molecule has 114 valence electrons. The Hall–Kier alpha value is -2.76. The highest BCUT2D eigenvalue weighted by Crippen LogP contribution is 2.33. The minimum atomic E-state index is -0.897. The lowest BCUT2D eigenvalue weighted by Gasteiger charge is -2.30. The van der Waals surface area contributed by atoms with E-state index in [1.165, 1.54) is 0 Å². The Labute approximate surface area is 127 Å². The minimum absolute atomic E-state index is 0.303. The number of Topliss-reactive ketones (excluding diaryl/α,β-unsaturated/α-hetero) is 1. The fourth-order valence-corrected chi connectivity index (χ4v) is 2.18. The molecular formula is C16H15NO5. The maximum Gasteiger partial charge on any atom is 0.351 e. The van der Waals surface area contributed by atoms with E-state index >= 15 is 0 Å². The lowest BCUT2D eigenvalue weighted by molar-refractivity contribution is -0.156. The summed E-state index contributed by atoms with van der Waals surface area (Å²) in [6.07, 6.45) is 0.237. The Morgan fingerprint density at radius 2 is 1.86 bits per heavy atom. The second-order valence-corrected chi connectivity index (χ2v) is 4.92. The Bertz CT molecular complexity index is 680. The van der Waals surface area contributed by atoms with Crippen molar-refractivity contribution in [1.82, 2.24) is 4.98 Å². The molecule has 0 unspecified atom stereocenters. The number of ketones is 1. The summed E-state index contributed by atoms with van der Waals surface area (Å²) < 4.78 is 16.3. The number of H-pyrrole nitrogens is 1. The highest BCUT2D eigenvalue weighted by Gasteiger charge is 2.35. The molecule has 2 atom stereocenters. The van der Waals surface area contributed by atoms with Gasteiger partial charge < -0.3 is 19.2 Å². The molecule has 1 N–H and O–H groups in total. The van der Waals surface area contributed by atoms with Crippen LogP contribution in [0.1, 0.15) is 17.4 Å². The lowest BCUT2D eigenvalue weighted by atomic mass is 10.2. The van der Waals surface area contributed by atoms with Gasteiger partial charge in [0.2, 0.25) is 11.9 Å². The van der Waals surface area contributed by atoms with Crippen LogP contribution in [0.5, 0.6) is 11.5 Å². The monoisotopic (exact) mass is 301 g/mol. The molecule has 0 bridgehead atoms. The largest absolute Gasteiger partial charge is 0.482 e. The Balaban J connectivity index is 1.62. The summed E-state index contributed by atoms with van der Waals surface area (Å²) in [7, 11) is 0. The summed E-state index contributed by atoms with van der Waals surface area (Å²) in [5.74, 6) is 0.143. The molecule has 1 aromatic heterocycles. The molecule has 2 aromatic rings. The highest BCUT2D eigenvalue weighted by molar-refractivity contribution is 5.96. The summed E-state index contributed by atoms with van der Waals surface area (Å²) in [6.45, 7) is 1.38. The molecule has 3 rings (SSSR count). The van der Waals surface area contributed by atoms with Crippen molar-refractivity contribution in [3.8, 4) is 11.5 Å². The number of aromatic nitrogens is 1. The molecule has 6 nitrogen and oxygen atoms in total. The molecule has 0 amide bonds. The van der Waals surface area contributed by atoms with Crippen molar-refractivity contribution in [1.29, 1.82) is 0 Å². The first-order valence-electron chi connectivity index (χ1n) is 6.90. The number of fused-ring (bicyclic) bond motifs is 1. The Kier molecular flexibility index (Phi) is 3.82. The maximum atomic E-state index is 12.1. The summed E-state index contributed by atoms with van der Waals surface area (Å²) >= 11 is 0. The summed E-state index contributed by atoms with van der Waals surface area (Å²) in [6, 6.07) is 10.4. The first kappa shape index (κ1) is 14.2. The number of nitrogens with one attached hydrogen (secondary N) is 1. The van der Waals surface area contributed by atoms with Crippen molar-refractivity contribution in [3.05, 3.63) is 48.3 Å². The standard InChI is InChI=1S/C16H15NO5/c1-10-15(22-14-7-3-2-6-13(14)21-10)16(19)20-9-12(18)11-5-4-8-17-11/h2-8,10,15,17H,9H2,1H3/t10-,15+/m1/s1. The fraction of sp³-hybridized carbons (Fsp3) is 0.250. The molecule has 0 spiro atoms. The zero-order valence-electron chi connectivity index (χ0n) is 11.9. The lowest BCUT2D eigenvalue weighted by Crippen LogP contribution is -2.44. The Morgan fingerprint density at radius 1 is 1.14 bits per heavy atom. The van der Waals surface area contributed by atoms with Crippen LogP contribution in [0.25, 0.3) is 0 Å². The van der Waals surface area contributed by atoms with Gasteiger partial charge in [-0.15, -0.1) is 0 Å². The molecule has 0 saturated heterocycles. The second-order valence-electron chi connectivity index (χ2n) is 4.92. The molecule has 6 heteroatoms. The van der Waals surface area contributed by atoms with Crippen molar-refractivity contribution >= 4 is 11.8 Å². The zero-order valence-corrected chi connectivity index (χ0v) is 11.9. The van der Waals surface area contributed by atoms with Crippen LogP contribution in [0.2, 0.25) is 0 Å². The first-order chi connectivity index (χ1) is 10.6. The van der Waals surface area contributed by atoms with E-state index < -0.39 is 18.2 Å². The average molecular weight is 301 g/mol. The smallest absolute Gasteiger partial charge is 0.351 e. The van der Waals surface area contributed by atoms with Gasteiger partial charge in [0.25, 0.3) is 0 Å². The normalized spacial score (nSPS) is 19.5. The van der Waals surface area contributed by atoms with Crippen molar-refractivity contribution in [2.45, 2.75) is 19.1 Å². The van der Waals surface area contributed by atoms with Gasteiger partial charge in [0.1, 0.15) is 6.10 Å². The van der Waals surface area contributed by atoms with Gasteiger partial charge in [-0.1, -0.05) is 12.1 Å². The molecular weight excluding hydrogens is 286 g/mol. The zero-order chi connectivity index (χ0) is 15.5. The minimum Gasteiger partial charge on any atom is -0.482 e. The molecule has 2 heterocycles. The van der Waals surface area contributed by atoms with Crippen LogP contribution in [0.4, 0.5) is 0 Å². The number of carbonyl (C=O) groups excluding carboxylic acids is 2. The van der Waals surface area contributed by atoms with Gasteiger partial charge in [-0.25, -0.2) is 4.79 Å². The summed E-state index contributed by atoms with van der Waals surface area (Å²) in [4.78, 5) is 26.7. The number of hydrogen-bond acceptors (Lipinski definition) is 5. The maximum absolute atomic E-state index is 12.1. The van der Waals surface area contributed by atoms with E-state index in [1.807, 2.05) is 6.07 Å². The number of rotatable bonds is 4. The molecule has 1 aliphatic heterocycles. The predicted molar refractivity (Wildman–Crippen MR) is 77.0 cm³/mol. The van der Waals surface area contributed by atoms with Crippen LogP contribution in [0.3, 0.4) is 0 Å². The van der Waals surface area contributed by atoms with Crippen LogP contribution in [0.15, 0.2) is 42.6 Å². The second kappa shape index (κ2) is 5.93. The third kappa shape index (κ3) is 2.81. The topological polar surface area (TPSA) is 77.6 Å². The van der Waals surface area contributed by atoms with Crippen molar-refractivity contribution in [2.24, 2.45) is 0 Å². The van der Waals surface area contributed by atoms with Crippen molar-refractivity contribution in [2.75, 3.05) is 6.61 Å². The number of benzene rings is 1. The number of ether oxygens (including phenoxy) is 3. The number of esters is 1. The average Bonchev–Trinajstić information content (AvgIpc) is 3.06. The number of para-hydroxylation sites is 2. The molecule has 22 heavy (non-hydrogen) atoms. The van der Waals surface area contributed by atoms with Gasteiger partial charge in [-0.3, -0.25) is 4.79 Å². The first-order valence-corrected chi connectivity index (χ1v) is 6.90. The van der Waals surface area contributed by atoms with E-state index in [1.54, 1.807) is 43.5 Å². The molecule has 0 saturated carbocycles. The Morgan fingerprint density at radius 3 is 2.55 bits per heavy atom. The van der Waals surface area contributed by atoms with E-state index in [9.17, 15) is 9.59 Å². The van der Waals surface area contributed by atoms with Gasteiger partial charge in [-0.05, 0) is 31.2 Å². The number of carbonyl (C=O) groups is 2.